The van der Waals surface area contributed by atoms with Crippen LogP contribution < -0.4 is 10.6 Å². The van der Waals surface area contributed by atoms with Crippen molar-refractivity contribution in [3.05, 3.63) is 24.2 Å². The molecule has 20 heavy (non-hydrogen) atoms. The van der Waals surface area contributed by atoms with Gasteiger partial charge >= 0.3 is 0 Å². The van der Waals surface area contributed by atoms with Gasteiger partial charge in [0.15, 0.2) is 0 Å². The number of carbonyl (C=O) groups is 1. The lowest BCUT2D eigenvalue weighted by Crippen LogP contribution is -2.49. The molecule has 6 heteroatoms. The molecule has 1 fully saturated rings. The van der Waals surface area contributed by atoms with Crippen LogP contribution in [-0.4, -0.2) is 56.2 Å². The first kappa shape index (κ1) is 15.0. The van der Waals surface area contributed by atoms with Gasteiger partial charge in [-0.3, -0.25) is 4.79 Å². The van der Waals surface area contributed by atoms with E-state index in [-0.39, 0.29) is 18.1 Å². The molecule has 1 amide bonds. The summed E-state index contributed by atoms with van der Waals surface area (Å²) in [5.74, 6) is 0.716. The molecule has 2 atom stereocenters. The lowest BCUT2D eigenvalue weighted by Gasteiger charge is -2.30. The second-order valence-electron chi connectivity index (χ2n) is 5.18. The van der Waals surface area contributed by atoms with E-state index < -0.39 is 0 Å². The second kappa shape index (κ2) is 7.42. The van der Waals surface area contributed by atoms with Gasteiger partial charge in [0.1, 0.15) is 5.76 Å². The van der Waals surface area contributed by atoms with Crippen molar-refractivity contribution in [3.63, 3.8) is 0 Å². The first-order valence-electron chi connectivity index (χ1n) is 6.99. The molecule has 1 aliphatic rings. The van der Waals surface area contributed by atoms with Crippen molar-refractivity contribution < 1.29 is 13.9 Å². The van der Waals surface area contributed by atoms with Crippen molar-refractivity contribution in [1.82, 2.24) is 15.5 Å². The third-order valence-electron chi connectivity index (χ3n) is 3.40. The van der Waals surface area contributed by atoms with Gasteiger partial charge in [0.05, 0.1) is 31.6 Å². The van der Waals surface area contributed by atoms with Crippen molar-refractivity contribution in [2.24, 2.45) is 0 Å². The molecule has 0 bridgehead atoms. The van der Waals surface area contributed by atoms with Crippen molar-refractivity contribution in [2.75, 3.05) is 33.3 Å². The summed E-state index contributed by atoms with van der Waals surface area (Å²) >= 11 is 0. The predicted octanol–water partition coefficient (Wildman–Crippen LogP) is 0.205. The maximum atomic E-state index is 11.9. The molecular weight excluding hydrogens is 258 g/mol. The highest BCUT2D eigenvalue weighted by Crippen LogP contribution is 2.02. The molecule has 2 N–H and O–H groups in total. The minimum atomic E-state index is -0.249. The van der Waals surface area contributed by atoms with Crippen molar-refractivity contribution >= 4 is 5.91 Å². The highest BCUT2D eigenvalue weighted by atomic mass is 16.5. The SMILES string of the molecule is CC(NCC1CN(C)CCO1)C(=O)NCc1ccco1. The van der Waals surface area contributed by atoms with Crippen LogP contribution in [0.3, 0.4) is 0 Å². The van der Waals surface area contributed by atoms with Crippen LogP contribution >= 0.6 is 0 Å². The molecule has 1 aromatic rings. The summed E-state index contributed by atoms with van der Waals surface area (Å²) in [6.45, 7) is 5.57. The minimum absolute atomic E-state index is 0.0365. The fraction of sp³-hybridized carbons (Fsp3) is 0.643. The summed E-state index contributed by atoms with van der Waals surface area (Å²) in [5, 5.41) is 6.04. The number of ether oxygens (including phenoxy) is 1. The fourth-order valence-electron chi connectivity index (χ4n) is 2.13. The van der Waals surface area contributed by atoms with Crippen molar-refractivity contribution in [3.8, 4) is 0 Å². The number of nitrogens with one attached hydrogen (secondary N) is 2. The van der Waals surface area contributed by atoms with E-state index in [0.717, 1.165) is 25.5 Å². The highest BCUT2D eigenvalue weighted by molar-refractivity contribution is 5.81. The number of morpholine rings is 1. The van der Waals surface area contributed by atoms with Crippen LogP contribution in [0.1, 0.15) is 12.7 Å². The average Bonchev–Trinajstić information content (AvgIpc) is 2.95. The van der Waals surface area contributed by atoms with Crippen molar-refractivity contribution in [2.45, 2.75) is 25.6 Å². The van der Waals surface area contributed by atoms with Gasteiger partial charge in [-0.2, -0.15) is 0 Å². The van der Waals surface area contributed by atoms with E-state index in [1.54, 1.807) is 12.3 Å². The summed E-state index contributed by atoms with van der Waals surface area (Å²) in [6, 6.07) is 3.39. The molecule has 0 saturated carbocycles. The normalized spacial score (nSPS) is 21.6. The number of rotatable bonds is 6. The molecule has 2 rings (SSSR count). The van der Waals surface area contributed by atoms with E-state index in [4.69, 9.17) is 9.15 Å². The zero-order valence-electron chi connectivity index (χ0n) is 12.1. The molecule has 1 saturated heterocycles. The number of amides is 1. The molecule has 0 aliphatic carbocycles. The van der Waals surface area contributed by atoms with E-state index >= 15 is 0 Å². The summed E-state index contributed by atoms with van der Waals surface area (Å²) < 4.78 is 10.8. The van der Waals surface area contributed by atoms with Crippen molar-refractivity contribution in [1.29, 1.82) is 0 Å². The smallest absolute Gasteiger partial charge is 0.237 e. The molecule has 0 aromatic carbocycles. The molecule has 1 aliphatic heterocycles. The van der Waals surface area contributed by atoms with Gasteiger partial charge in [-0.1, -0.05) is 0 Å². The van der Waals surface area contributed by atoms with Crippen LogP contribution in [0.5, 0.6) is 0 Å². The van der Waals surface area contributed by atoms with E-state index in [1.165, 1.54) is 0 Å². The lowest BCUT2D eigenvalue weighted by atomic mass is 10.2. The zero-order chi connectivity index (χ0) is 14.4. The Morgan fingerprint density at radius 1 is 1.60 bits per heavy atom. The van der Waals surface area contributed by atoms with E-state index in [1.807, 2.05) is 13.0 Å². The minimum Gasteiger partial charge on any atom is -0.467 e. The van der Waals surface area contributed by atoms with Crippen LogP contribution in [0.2, 0.25) is 0 Å². The number of carbonyl (C=O) groups excluding carboxylic acids is 1. The predicted molar refractivity (Wildman–Crippen MR) is 75.3 cm³/mol. The molecular formula is C14H23N3O3. The maximum absolute atomic E-state index is 11.9. The van der Waals surface area contributed by atoms with E-state index in [9.17, 15) is 4.79 Å². The third-order valence-corrected chi connectivity index (χ3v) is 3.40. The Morgan fingerprint density at radius 2 is 2.45 bits per heavy atom. The topological polar surface area (TPSA) is 66.7 Å². The molecule has 2 heterocycles. The molecule has 0 spiro atoms. The average molecular weight is 281 g/mol. The van der Waals surface area contributed by atoms with E-state index in [2.05, 4.69) is 22.6 Å². The summed E-state index contributed by atoms with van der Waals surface area (Å²) in [4.78, 5) is 14.1. The first-order valence-corrected chi connectivity index (χ1v) is 6.99. The molecule has 0 radical (unpaired) electrons. The van der Waals surface area contributed by atoms with E-state index in [0.29, 0.717) is 13.1 Å². The lowest BCUT2D eigenvalue weighted by molar-refractivity contribution is -0.123. The van der Waals surface area contributed by atoms with Gasteiger partial charge in [0.2, 0.25) is 5.91 Å². The number of hydrogen-bond acceptors (Lipinski definition) is 5. The molecule has 2 unspecified atom stereocenters. The number of hydrogen-bond donors (Lipinski definition) is 2. The van der Waals surface area contributed by atoms with Crippen LogP contribution in [0, 0.1) is 0 Å². The zero-order valence-corrected chi connectivity index (χ0v) is 12.1. The molecule has 6 nitrogen and oxygen atoms in total. The number of nitrogens with zero attached hydrogens (tertiary/aromatic N) is 1. The van der Waals surface area contributed by atoms with Crippen LogP contribution in [0.4, 0.5) is 0 Å². The monoisotopic (exact) mass is 281 g/mol. The first-order chi connectivity index (χ1) is 9.65. The fourth-order valence-corrected chi connectivity index (χ4v) is 2.13. The van der Waals surface area contributed by atoms with Gasteiger partial charge in [-0.15, -0.1) is 0 Å². The highest BCUT2D eigenvalue weighted by Gasteiger charge is 2.19. The van der Waals surface area contributed by atoms with Gasteiger partial charge < -0.3 is 24.7 Å². The molecule has 112 valence electrons. The standard InChI is InChI=1S/C14H23N3O3/c1-11(14(18)16-8-12-4-3-6-19-12)15-9-13-10-17(2)5-7-20-13/h3-4,6,11,13,15H,5,7-10H2,1-2H3,(H,16,18). The Labute approximate surface area is 119 Å². The van der Waals surface area contributed by atoms with Gasteiger partial charge in [-0.25, -0.2) is 0 Å². The Kier molecular flexibility index (Phi) is 5.58. The second-order valence-corrected chi connectivity index (χ2v) is 5.18. The largest absolute Gasteiger partial charge is 0.467 e. The third kappa shape index (κ3) is 4.63. The Balaban J connectivity index is 1.65. The number of likely N-dealkylation sites (N-methyl/N-ethyl adjacent to an activating group) is 1. The van der Waals surface area contributed by atoms with Crippen LogP contribution in [-0.2, 0) is 16.1 Å². The molecule has 1 aromatic heterocycles. The van der Waals surface area contributed by atoms with Gasteiger partial charge in [0, 0.05) is 19.6 Å². The van der Waals surface area contributed by atoms with Gasteiger partial charge in [-0.05, 0) is 26.1 Å². The quantitative estimate of drug-likeness (QED) is 0.780. The summed E-state index contributed by atoms with van der Waals surface area (Å²) in [5.41, 5.74) is 0. The van der Waals surface area contributed by atoms with Crippen LogP contribution in [0.25, 0.3) is 0 Å². The Bertz CT molecular complexity index is 408. The van der Waals surface area contributed by atoms with Gasteiger partial charge in [0.25, 0.3) is 0 Å². The summed E-state index contributed by atoms with van der Waals surface area (Å²) in [7, 11) is 2.08. The number of furan rings is 1. The maximum Gasteiger partial charge on any atom is 0.237 e. The Morgan fingerprint density at radius 3 is 3.15 bits per heavy atom. The Hall–Kier alpha value is -1.37. The summed E-state index contributed by atoms with van der Waals surface area (Å²) in [6.07, 6.45) is 1.74. The van der Waals surface area contributed by atoms with Crippen LogP contribution in [0.15, 0.2) is 22.8 Å².